The summed E-state index contributed by atoms with van der Waals surface area (Å²) in [5, 5.41) is 18.9. The Morgan fingerprint density at radius 3 is 2.50 bits per heavy atom. The number of hydrogen-bond acceptors (Lipinski definition) is 8. The first-order valence-corrected chi connectivity index (χ1v) is 9.84. The normalized spacial score (nSPS) is 10.7. The van der Waals surface area contributed by atoms with Gasteiger partial charge in [0.25, 0.3) is 0 Å². The van der Waals surface area contributed by atoms with E-state index in [-0.39, 0.29) is 54.3 Å². The Balaban J connectivity index is 1.77. The predicted octanol–water partition coefficient (Wildman–Crippen LogP) is 3.35. The standard InChI is InChI=1S/C23H22O9/c1-29-22-18(30-10-5-11-31-20(28)9-8-19(26)27)13-16(25)21-15(24)12-17(32-23(21)22)14-6-3-2-4-7-14/h2-4,6-7,12-13,25H,5,8-11H2,1H3,(H,26,27). The van der Waals surface area contributed by atoms with E-state index >= 15 is 0 Å². The van der Waals surface area contributed by atoms with Crippen LogP contribution in [0.3, 0.4) is 0 Å². The second kappa shape index (κ2) is 10.3. The van der Waals surface area contributed by atoms with Crippen molar-refractivity contribution in [2.75, 3.05) is 20.3 Å². The average molecular weight is 442 g/mol. The molecule has 168 valence electrons. The van der Waals surface area contributed by atoms with E-state index < -0.39 is 17.4 Å². The van der Waals surface area contributed by atoms with Crippen LogP contribution >= 0.6 is 0 Å². The molecule has 0 bridgehead atoms. The van der Waals surface area contributed by atoms with Crippen molar-refractivity contribution in [1.82, 2.24) is 0 Å². The summed E-state index contributed by atoms with van der Waals surface area (Å²) in [7, 11) is 1.39. The summed E-state index contributed by atoms with van der Waals surface area (Å²) in [5.74, 6) is -1.39. The zero-order valence-electron chi connectivity index (χ0n) is 17.3. The summed E-state index contributed by atoms with van der Waals surface area (Å²) in [6.45, 7) is 0.143. The lowest BCUT2D eigenvalue weighted by Crippen LogP contribution is -2.11. The SMILES string of the molecule is COc1c(OCCCOC(=O)CCC(=O)O)cc(O)c2c(=O)cc(-c3ccccc3)oc12. The molecule has 0 spiro atoms. The fraction of sp³-hybridized carbons (Fsp3) is 0.261. The molecule has 2 N–H and O–H groups in total. The molecule has 3 rings (SSSR count). The second-order valence-electron chi connectivity index (χ2n) is 6.79. The third-order valence-electron chi connectivity index (χ3n) is 4.52. The molecule has 32 heavy (non-hydrogen) atoms. The minimum atomic E-state index is -1.07. The number of phenols is 1. The number of carboxylic acid groups (broad SMARTS) is 1. The van der Waals surface area contributed by atoms with Gasteiger partial charge in [-0.15, -0.1) is 0 Å². The highest BCUT2D eigenvalue weighted by Gasteiger charge is 2.20. The van der Waals surface area contributed by atoms with Crippen LogP contribution in [0.25, 0.3) is 22.3 Å². The van der Waals surface area contributed by atoms with Gasteiger partial charge in [-0.25, -0.2) is 0 Å². The summed E-state index contributed by atoms with van der Waals surface area (Å²) < 4.78 is 21.9. The number of aliphatic carboxylic acids is 1. The van der Waals surface area contributed by atoms with Crippen LogP contribution in [-0.2, 0) is 14.3 Å². The molecule has 0 radical (unpaired) electrons. The Morgan fingerprint density at radius 1 is 1.06 bits per heavy atom. The van der Waals surface area contributed by atoms with Gasteiger partial charge in [0.15, 0.2) is 16.8 Å². The summed E-state index contributed by atoms with van der Waals surface area (Å²) >= 11 is 0. The lowest BCUT2D eigenvalue weighted by Gasteiger charge is -2.14. The van der Waals surface area contributed by atoms with E-state index in [2.05, 4.69) is 0 Å². The highest BCUT2D eigenvalue weighted by molar-refractivity contribution is 5.91. The number of methoxy groups -OCH3 is 1. The molecule has 0 aliphatic carbocycles. The molecule has 0 aliphatic heterocycles. The summed E-state index contributed by atoms with van der Waals surface area (Å²) in [4.78, 5) is 34.5. The molecule has 0 amide bonds. The molecule has 0 atom stereocenters. The molecule has 9 nitrogen and oxygen atoms in total. The molecule has 0 saturated heterocycles. The maximum absolute atomic E-state index is 12.6. The van der Waals surface area contributed by atoms with Crippen LogP contribution in [0.1, 0.15) is 19.3 Å². The summed E-state index contributed by atoms with van der Waals surface area (Å²) in [6, 6.07) is 11.6. The topological polar surface area (TPSA) is 132 Å². The third-order valence-corrected chi connectivity index (χ3v) is 4.52. The molecule has 0 aliphatic rings. The summed E-state index contributed by atoms with van der Waals surface area (Å²) in [6.07, 6.45) is -0.181. The zero-order valence-corrected chi connectivity index (χ0v) is 17.3. The smallest absolute Gasteiger partial charge is 0.306 e. The van der Waals surface area contributed by atoms with Crippen LogP contribution < -0.4 is 14.9 Å². The van der Waals surface area contributed by atoms with E-state index in [9.17, 15) is 19.5 Å². The van der Waals surface area contributed by atoms with Crippen LogP contribution in [0.5, 0.6) is 17.2 Å². The molecular formula is C23H22O9. The molecule has 0 fully saturated rings. The van der Waals surface area contributed by atoms with Gasteiger partial charge in [-0.2, -0.15) is 0 Å². The Morgan fingerprint density at radius 2 is 1.81 bits per heavy atom. The van der Waals surface area contributed by atoms with Gasteiger partial charge in [-0.3, -0.25) is 14.4 Å². The van der Waals surface area contributed by atoms with Gasteiger partial charge in [0.2, 0.25) is 5.75 Å². The van der Waals surface area contributed by atoms with E-state index in [0.29, 0.717) is 17.7 Å². The Labute approximate surface area is 182 Å². The van der Waals surface area contributed by atoms with Crippen molar-refractivity contribution < 1.29 is 38.4 Å². The number of carboxylic acids is 1. The highest BCUT2D eigenvalue weighted by atomic mass is 16.5. The molecule has 2 aromatic carbocycles. The Bertz CT molecular complexity index is 1170. The van der Waals surface area contributed by atoms with Crippen LogP contribution in [0.4, 0.5) is 0 Å². The van der Waals surface area contributed by atoms with Gasteiger partial charge in [0.05, 0.1) is 33.2 Å². The van der Waals surface area contributed by atoms with Crippen molar-refractivity contribution >= 4 is 22.9 Å². The largest absolute Gasteiger partial charge is 0.507 e. The van der Waals surface area contributed by atoms with Gasteiger partial charge < -0.3 is 28.8 Å². The first-order valence-electron chi connectivity index (χ1n) is 9.84. The van der Waals surface area contributed by atoms with E-state index in [1.165, 1.54) is 19.2 Å². The first-order chi connectivity index (χ1) is 15.4. The van der Waals surface area contributed by atoms with Gasteiger partial charge in [0.1, 0.15) is 16.9 Å². The highest BCUT2D eigenvalue weighted by Crippen LogP contribution is 2.41. The second-order valence-corrected chi connectivity index (χ2v) is 6.79. The van der Waals surface area contributed by atoms with Crippen molar-refractivity contribution in [1.29, 1.82) is 0 Å². The van der Waals surface area contributed by atoms with Gasteiger partial charge in [0, 0.05) is 24.1 Å². The minimum Gasteiger partial charge on any atom is -0.507 e. The van der Waals surface area contributed by atoms with E-state index in [0.717, 1.165) is 0 Å². The number of fused-ring (bicyclic) bond motifs is 1. The van der Waals surface area contributed by atoms with Crippen molar-refractivity contribution in [2.24, 2.45) is 0 Å². The summed E-state index contributed by atoms with van der Waals surface area (Å²) in [5.41, 5.74) is 0.304. The van der Waals surface area contributed by atoms with Crippen molar-refractivity contribution in [3.63, 3.8) is 0 Å². The molecule has 0 saturated carbocycles. The maximum atomic E-state index is 12.6. The van der Waals surface area contributed by atoms with Crippen molar-refractivity contribution in [3.8, 4) is 28.6 Å². The number of hydrogen-bond donors (Lipinski definition) is 2. The Hall–Kier alpha value is -4.01. The van der Waals surface area contributed by atoms with Crippen molar-refractivity contribution in [2.45, 2.75) is 19.3 Å². The number of carbonyl (C=O) groups excluding carboxylic acids is 1. The molecule has 3 aromatic rings. The van der Waals surface area contributed by atoms with Crippen LogP contribution in [0.15, 0.2) is 51.7 Å². The number of carbonyl (C=O) groups is 2. The van der Waals surface area contributed by atoms with E-state index in [4.69, 9.17) is 23.7 Å². The van der Waals surface area contributed by atoms with Gasteiger partial charge in [-0.1, -0.05) is 30.3 Å². The lowest BCUT2D eigenvalue weighted by atomic mass is 10.1. The number of rotatable bonds is 10. The Kier molecular flexibility index (Phi) is 7.33. The molecule has 9 heteroatoms. The van der Waals surface area contributed by atoms with Gasteiger partial charge in [-0.05, 0) is 0 Å². The predicted molar refractivity (Wildman–Crippen MR) is 114 cm³/mol. The monoisotopic (exact) mass is 442 g/mol. The fourth-order valence-corrected chi connectivity index (χ4v) is 3.02. The quantitative estimate of drug-likeness (QED) is 0.358. The van der Waals surface area contributed by atoms with Crippen molar-refractivity contribution in [3.05, 3.63) is 52.7 Å². The van der Waals surface area contributed by atoms with Crippen LogP contribution in [-0.4, -0.2) is 42.5 Å². The molecule has 1 heterocycles. The molecule has 1 aromatic heterocycles. The minimum absolute atomic E-state index is 0.0266. The number of ether oxygens (including phenoxy) is 3. The van der Waals surface area contributed by atoms with E-state index in [1.807, 2.05) is 18.2 Å². The number of phenolic OH excluding ortho intramolecular Hbond substituents is 1. The molecule has 0 unspecified atom stereocenters. The first kappa shape index (κ1) is 22.7. The number of esters is 1. The number of aromatic hydroxyl groups is 1. The lowest BCUT2D eigenvalue weighted by molar-refractivity contribution is -0.147. The third kappa shape index (κ3) is 5.37. The average Bonchev–Trinajstić information content (AvgIpc) is 2.77. The van der Waals surface area contributed by atoms with Crippen LogP contribution in [0.2, 0.25) is 0 Å². The van der Waals surface area contributed by atoms with Gasteiger partial charge >= 0.3 is 11.9 Å². The van der Waals surface area contributed by atoms with Crippen LogP contribution in [0, 0.1) is 0 Å². The molecular weight excluding hydrogens is 420 g/mol. The zero-order chi connectivity index (χ0) is 23.1. The number of benzene rings is 2. The van der Waals surface area contributed by atoms with E-state index in [1.54, 1.807) is 12.1 Å². The maximum Gasteiger partial charge on any atom is 0.306 e. The fourth-order valence-electron chi connectivity index (χ4n) is 3.02.